The van der Waals surface area contributed by atoms with Crippen molar-refractivity contribution < 1.29 is 14.7 Å². The summed E-state index contributed by atoms with van der Waals surface area (Å²) in [7, 11) is 1.48. The van der Waals surface area contributed by atoms with Gasteiger partial charge in [-0.3, -0.25) is 19.8 Å². The molecule has 134 valence electrons. The highest BCUT2D eigenvalue weighted by Crippen LogP contribution is 2.37. The molecule has 0 radical (unpaired) electrons. The molecule has 2 aromatic rings. The van der Waals surface area contributed by atoms with Crippen molar-refractivity contribution in [3.8, 4) is 0 Å². The summed E-state index contributed by atoms with van der Waals surface area (Å²) in [6.45, 7) is 0. The van der Waals surface area contributed by atoms with Crippen LogP contribution < -0.4 is 10.6 Å². The molecule has 0 bridgehead atoms. The molecular formula is C19H19N3O3S. The van der Waals surface area contributed by atoms with Gasteiger partial charge >= 0.3 is 0 Å². The van der Waals surface area contributed by atoms with Crippen LogP contribution in [-0.2, 0) is 9.59 Å². The molecule has 0 aliphatic carbocycles. The lowest BCUT2D eigenvalue weighted by molar-refractivity contribution is -0.138. The molecule has 2 aliphatic rings. The topological polar surface area (TPSA) is 81.7 Å². The molecule has 1 fully saturated rings. The van der Waals surface area contributed by atoms with Crippen molar-refractivity contribution >= 4 is 28.8 Å². The summed E-state index contributed by atoms with van der Waals surface area (Å²) < 4.78 is 0. The lowest BCUT2D eigenvalue weighted by Crippen LogP contribution is -2.63. The average Bonchev–Trinajstić information content (AvgIpc) is 3.26. The minimum absolute atomic E-state index is 0.324. The number of fused-ring (bicyclic) bond motifs is 1. The van der Waals surface area contributed by atoms with Gasteiger partial charge in [-0.15, -0.1) is 11.3 Å². The predicted molar refractivity (Wildman–Crippen MR) is 99.5 cm³/mol. The van der Waals surface area contributed by atoms with Gasteiger partial charge in [0.15, 0.2) is 0 Å². The first kappa shape index (κ1) is 17.0. The molecule has 7 heteroatoms. The minimum Gasteiger partial charge on any atom is -0.386 e. The van der Waals surface area contributed by atoms with Crippen molar-refractivity contribution in [1.29, 1.82) is 0 Å². The zero-order valence-corrected chi connectivity index (χ0v) is 15.0. The zero-order chi connectivity index (χ0) is 18.3. The Balaban J connectivity index is 1.73. The summed E-state index contributed by atoms with van der Waals surface area (Å²) in [5.74, 6) is -0.698. The lowest BCUT2D eigenvalue weighted by Gasteiger charge is -2.39. The van der Waals surface area contributed by atoms with Gasteiger partial charge in [-0.05, 0) is 30.0 Å². The van der Waals surface area contributed by atoms with Crippen LogP contribution in [-0.4, -0.2) is 40.6 Å². The highest BCUT2D eigenvalue weighted by Gasteiger charge is 2.57. The van der Waals surface area contributed by atoms with Gasteiger partial charge in [0.1, 0.15) is 6.10 Å². The molecule has 3 N–H and O–H groups in total. The van der Waals surface area contributed by atoms with Crippen LogP contribution in [0.5, 0.6) is 0 Å². The molecule has 0 spiro atoms. The van der Waals surface area contributed by atoms with Crippen molar-refractivity contribution in [2.24, 2.45) is 0 Å². The van der Waals surface area contributed by atoms with Crippen LogP contribution in [0.1, 0.15) is 17.4 Å². The predicted octanol–water partition coefficient (Wildman–Crippen LogP) is 1.88. The number of anilines is 1. The first-order valence-corrected chi connectivity index (χ1v) is 9.26. The highest BCUT2D eigenvalue weighted by molar-refractivity contribution is 7.10. The number of likely N-dealkylation sites (N-methyl/N-ethyl adjacent to an activating group) is 1. The van der Waals surface area contributed by atoms with Gasteiger partial charge in [0.2, 0.25) is 5.66 Å². The second-order valence-corrected chi connectivity index (χ2v) is 7.45. The second kappa shape index (κ2) is 6.35. The Labute approximate surface area is 155 Å². The SMILES string of the molecule is CN1C(=O)C2=CCC(C(O)c3cccs3)NC2(Nc2ccccc2)C1=O. The van der Waals surface area contributed by atoms with E-state index in [1.165, 1.54) is 18.4 Å². The zero-order valence-electron chi connectivity index (χ0n) is 14.2. The molecule has 4 rings (SSSR count). The quantitative estimate of drug-likeness (QED) is 0.717. The third-order valence-electron chi connectivity index (χ3n) is 4.86. The number of thiophene rings is 1. The number of rotatable bonds is 4. The van der Waals surface area contributed by atoms with E-state index in [9.17, 15) is 14.7 Å². The molecule has 2 amide bonds. The van der Waals surface area contributed by atoms with E-state index in [-0.39, 0.29) is 11.8 Å². The normalized spacial score (nSPS) is 26.5. The number of nitrogens with one attached hydrogen (secondary N) is 2. The standard InChI is InChI=1S/C19H19N3O3S/c1-22-17(24)13-9-10-14(16(23)15-8-5-11-26-15)21-19(13,18(22)25)20-12-6-3-2-4-7-12/h2-9,11,14,16,20-21,23H,10H2,1H3. The summed E-state index contributed by atoms with van der Waals surface area (Å²) in [5, 5.41) is 19.1. The Morgan fingerprint density at radius 2 is 2.04 bits per heavy atom. The third-order valence-corrected chi connectivity index (χ3v) is 5.81. The van der Waals surface area contributed by atoms with Gasteiger partial charge in [0.25, 0.3) is 11.8 Å². The smallest absolute Gasteiger partial charge is 0.275 e. The minimum atomic E-state index is -1.37. The number of aliphatic hydroxyl groups excluding tert-OH is 1. The van der Waals surface area contributed by atoms with Crippen LogP contribution in [0.4, 0.5) is 5.69 Å². The van der Waals surface area contributed by atoms with Crippen LogP contribution >= 0.6 is 11.3 Å². The number of likely N-dealkylation sites (tertiary alicyclic amines) is 1. The van der Waals surface area contributed by atoms with E-state index in [1.807, 2.05) is 47.8 Å². The fraction of sp³-hybridized carbons (Fsp3) is 0.263. The molecule has 6 nitrogen and oxygen atoms in total. The van der Waals surface area contributed by atoms with Crippen molar-refractivity contribution in [2.45, 2.75) is 24.2 Å². The summed E-state index contributed by atoms with van der Waals surface area (Å²) in [6, 6.07) is 12.6. The van der Waals surface area contributed by atoms with Crippen LogP contribution in [0.3, 0.4) is 0 Å². The van der Waals surface area contributed by atoms with Crippen molar-refractivity contribution in [2.75, 3.05) is 12.4 Å². The van der Waals surface area contributed by atoms with E-state index < -0.39 is 17.8 Å². The van der Waals surface area contributed by atoms with Crippen molar-refractivity contribution in [3.05, 3.63) is 64.4 Å². The molecular weight excluding hydrogens is 350 g/mol. The summed E-state index contributed by atoms with van der Waals surface area (Å²) in [4.78, 5) is 27.5. The maximum atomic E-state index is 13.0. The van der Waals surface area contributed by atoms with E-state index >= 15 is 0 Å². The molecule has 2 aliphatic heterocycles. The lowest BCUT2D eigenvalue weighted by atomic mass is 9.90. The van der Waals surface area contributed by atoms with Gasteiger partial charge in [-0.1, -0.05) is 30.3 Å². The number of benzene rings is 1. The van der Waals surface area contributed by atoms with Crippen LogP contribution in [0, 0.1) is 0 Å². The fourth-order valence-electron chi connectivity index (χ4n) is 3.52. The molecule has 0 saturated carbocycles. The van der Waals surface area contributed by atoms with Gasteiger partial charge in [-0.2, -0.15) is 0 Å². The molecule has 1 aromatic carbocycles. The number of carbonyl (C=O) groups is 2. The molecule has 1 saturated heterocycles. The van der Waals surface area contributed by atoms with E-state index in [2.05, 4.69) is 10.6 Å². The van der Waals surface area contributed by atoms with Gasteiger partial charge in [0.05, 0.1) is 5.57 Å². The van der Waals surface area contributed by atoms with E-state index in [0.717, 1.165) is 9.78 Å². The van der Waals surface area contributed by atoms with Crippen molar-refractivity contribution in [1.82, 2.24) is 10.2 Å². The molecule has 3 heterocycles. The number of para-hydroxylation sites is 1. The Hall–Kier alpha value is -2.48. The van der Waals surface area contributed by atoms with Crippen LogP contribution in [0.25, 0.3) is 0 Å². The molecule has 3 unspecified atom stereocenters. The summed E-state index contributed by atoms with van der Waals surface area (Å²) in [6.07, 6.45) is 1.45. The first-order chi connectivity index (χ1) is 12.5. The number of amides is 2. The number of nitrogens with zero attached hydrogens (tertiary/aromatic N) is 1. The Morgan fingerprint density at radius 3 is 2.73 bits per heavy atom. The maximum Gasteiger partial charge on any atom is 0.275 e. The number of imide groups is 1. The fourth-order valence-corrected chi connectivity index (χ4v) is 4.30. The number of hydrogen-bond acceptors (Lipinski definition) is 6. The Kier molecular flexibility index (Phi) is 4.14. The second-order valence-electron chi connectivity index (χ2n) is 6.47. The van der Waals surface area contributed by atoms with Crippen LogP contribution in [0.2, 0.25) is 0 Å². The monoisotopic (exact) mass is 369 g/mol. The Bertz CT molecular complexity index is 865. The number of hydrogen-bond donors (Lipinski definition) is 3. The van der Waals surface area contributed by atoms with E-state index in [0.29, 0.717) is 17.7 Å². The largest absolute Gasteiger partial charge is 0.386 e. The molecule has 1 aromatic heterocycles. The third kappa shape index (κ3) is 2.56. The summed E-state index contributed by atoms with van der Waals surface area (Å²) >= 11 is 1.46. The van der Waals surface area contributed by atoms with Gasteiger partial charge in [0, 0.05) is 23.7 Å². The molecule has 26 heavy (non-hydrogen) atoms. The number of aliphatic hydroxyl groups is 1. The van der Waals surface area contributed by atoms with Gasteiger partial charge in [-0.25, -0.2) is 0 Å². The first-order valence-electron chi connectivity index (χ1n) is 8.38. The number of carbonyl (C=O) groups excluding carboxylic acids is 2. The van der Waals surface area contributed by atoms with E-state index in [4.69, 9.17) is 0 Å². The highest BCUT2D eigenvalue weighted by atomic mass is 32.1. The van der Waals surface area contributed by atoms with E-state index in [1.54, 1.807) is 6.08 Å². The Morgan fingerprint density at radius 1 is 1.27 bits per heavy atom. The van der Waals surface area contributed by atoms with Gasteiger partial charge < -0.3 is 10.4 Å². The average molecular weight is 369 g/mol. The maximum absolute atomic E-state index is 13.0. The van der Waals surface area contributed by atoms with Crippen molar-refractivity contribution in [3.63, 3.8) is 0 Å². The van der Waals surface area contributed by atoms with Crippen LogP contribution in [0.15, 0.2) is 59.5 Å². The summed E-state index contributed by atoms with van der Waals surface area (Å²) in [5.41, 5.74) is -0.272. The molecule has 3 atom stereocenters.